The summed E-state index contributed by atoms with van der Waals surface area (Å²) in [4.78, 5) is 18.5. The number of aromatic amines is 1. The Morgan fingerprint density at radius 3 is 2.64 bits per heavy atom. The Balaban J connectivity index is 2.05. The molecule has 1 amide bonds. The summed E-state index contributed by atoms with van der Waals surface area (Å²) in [6, 6.07) is 10.9. The SMILES string of the molecule is COC(=O)Nc1nc2ccc(-c3c(Cl)cccc3Cl)cc2[nH]1. The molecule has 0 atom stereocenters. The number of halogens is 2. The fraction of sp³-hybridized carbons (Fsp3) is 0.0667. The third kappa shape index (κ3) is 2.73. The molecule has 3 aromatic rings. The number of methoxy groups -OCH3 is 1. The highest BCUT2D eigenvalue weighted by Crippen LogP contribution is 2.35. The molecule has 1 heterocycles. The maximum atomic E-state index is 11.2. The summed E-state index contributed by atoms with van der Waals surface area (Å²) in [5.74, 6) is 0.309. The Labute approximate surface area is 136 Å². The number of H-pyrrole nitrogens is 1. The molecule has 0 aliphatic heterocycles. The Bertz CT molecular complexity index is 841. The molecule has 0 unspecified atom stereocenters. The van der Waals surface area contributed by atoms with Gasteiger partial charge in [-0.1, -0.05) is 35.3 Å². The molecule has 0 aliphatic carbocycles. The lowest BCUT2D eigenvalue weighted by Gasteiger charge is -2.06. The molecule has 5 nitrogen and oxygen atoms in total. The lowest BCUT2D eigenvalue weighted by molar-refractivity contribution is 0.186. The highest BCUT2D eigenvalue weighted by molar-refractivity contribution is 6.39. The highest BCUT2D eigenvalue weighted by Gasteiger charge is 2.11. The van der Waals surface area contributed by atoms with Gasteiger partial charge in [-0.05, 0) is 29.8 Å². The Morgan fingerprint density at radius 2 is 1.95 bits per heavy atom. The van der Waals surface area contributed by atoms with Crippen molar-refractivity contribution in [2.24, 2.45) is 0 Å². The number of hydrogen-bond acceptors (Lipinski definition) is 3. The maximum absolute atomic E-state index is 11.2. The quantitative estimate of drug-likeness (QED) is 0.712. The summed E-state index contributed by atoms with van der Waals surface area (Å²) >= 11 is 12.4. The van der Waals surface area contributed by atoms with E-state index in [4.69, 9.17) is 23.2 Å². The third-order valence-electron chi connectivity index (χ3n) is 3.14. The second-order valence-corrected chi connectivity index (χ2v) is 5.34. The van der Waals surface area contributed by atoms with Crippen molar-refractivity contribution in [2.45, 2.75) is 0 Å². The van der Waals surface area contributed by atoms with Crippen molar-refractivity contribution < 1.29 is 9.53 Å². The van der Waals surface area contributed by atoms with Crippen LogP contribution in [0.3, 0.4) is 0 Å². The summed E-state index contributed by atoms with van der Waals surface area (Å²) in [6.45, 7) is 0. The minimum Gasteiger partial charge on any atom is -0.453 e. The number of hydrogen-bond donors (Lipinski definition) is 2. The van der Waals surface area contributed by atoms with Crippen LogP contribution in [0.1, 0.15) is 0 Å². The summed E-state index contributed by atoms with van der Waals surface area (Å²) in [7, 11) is 1.29. The van der Waals surface area contributed by atoms with E-state index in [2.05, 4.69) is 20.0 Å². The summed E-state index contributed by atoms with van der Waals surface area (Å²) < 4.78 is 4.53. The van der Waals surface area contributed by atoms with Crippen molar-refractivity contribution in [3.8, 4) is 11.1 Å². The zero-order chi connectivity index (χ0) is 15.7. The van der Waals surface area contributed by atoms with Crippen molar-refractivity contribution >= 4 is 46.3 Å². The first-order valence-corrected chi connectivity index (χ1v) is 7.13. The number of imidazole rings is 1. The van der Waals surface area contributed by atoms with E-state index in [-0.39, 0.29) is 0 Å². The predicted octanol–water partition coefficient (Wildman–Crippen LogP) is 4.72. The first kappa shape index (κ1) is 14.7. The second kappa shape index (κ2) is 5.87. The zero-order valence-electron chi connectivity index (χ0n) is 11.5. The van der Waals surface area contributed by atoms with E-state index in [9.17, 15) is 4.79 Å². The second-order valence-electron chi connectivity index (χ2n) is 4.53. The van der Waals surface area contributed by atoms with Crippen LogP contribution in [0, 0.1) is 0 Å². The topological polar surface area (TPSA) is 67.0 Å². The van der Waals surface area contributed by atoms with Gasteiger partial charge in [0.1, 0.15) is 0 Å². The van der Waals surface area contributed by atoms with Gasteiger partial charge in [-0.25, -0.2) is 9.78 Å². The van der Waals surface area contributed by atoms with E-state index >= 15 is 0 Å². The molecule has 0 spiro atoms. The number of carbonyl (C=O) groups is 1. The number of nitrogens with one attached hydrogen (secondary N) is 2. The average Bonchev–Trinajstić information content (AvgIpc) is 2.88. The molecule has 0 saturated carbocycles. The number of ether oxygens (including phenoxy) is 1. The van der Waals surface area contributed by atoms with Gasteiger partial charge in [-0.3, -0.25) is 5.32 Å². The van der Waals surface area contributed by atoms with E-state index < -0.39 is 6.09 Å². The molecule has 0 fully saturated rings. The summed E-state index contributed by atoms with van der Waals surface area (Å²) in [5.41, 5.74) is 3.07. The molecule has 0 aliphatic rings. The number of nitrogens with zero attached hydrogens (tertiary/aromatic N) is 1. The van der Waals surface area contributed by atoms with E-state index in [0.717, 1.165) is 16.6 Å². The first-order chi connectivity index (χ1) is 10.6. The van der Waals surface area contributed by atoms with Crippen molar-refractivity contribution in [3.05, 3.63) is 46.4 Å². The molecular weight excluding hydrogens is 325 g/mol. The normalized spacial score (nSPS) is 10.7. The molecule has 2 N–H and O–H groups in total. The molecular formula is C15H11Cl2N3O2. The fourth-order valence-electron chi connectivity index (χ4n) is 2.15. The van der Waals surface area contributed by atoms with Gasteiger partial charge in [0, 0.05) is 15.6 Å². The van der Waals surface area contributed by atoms with Crippen molar-refractivity contribution in [3.63, 3.8) is 0 Å². The van der Waals surface area contributed by atoms with Crippen molar-refractivity contribution in [1.29, 1.82) is 0 Å². The smallest absolute Gasteiger partial charge is 0.413 e. The average molecular weight is 336 g/mol. The molecule has 0 saturated heterocycles. The number of rotatable bonds is 2. The zero-order valence-corrected chi connectivity index (χ0v) is 13.0. The van der Waals surface area contributed by atoms with Gasteiger partial charge in [0.05, 0.1) is 18.1 Å². The largest absolute Gasteiger partial charge is 0.453 e. The van der Waals surface area contributed by atoms with Crippen LogP contribution in [0.4, 0.5) is 10.7 Å². The van der Waals surface area contributed by atoms with Gasteiger partial charge in [0.15, 0.2) is 0 Å². The minimum atomic E-state index is -0.589. The number of fused-ring (bicyclic) bond motifs is 1. The molecule has 0 bridgehead atoms. The van der Waals surface area contributed by atoms with E-state index in [1.807, 2.05) is 18.2 Å². The summed E-state index contributed by atoms with van der Waals surface area (Å²) in [5, 5.41) is 3.62. The molecule has 3 rings (SSSR count). The third-order valence-corrected chi connectivity index (χ3v) is 3.77. The van der Waals surface area contributed by atoms with E-state index in [1.54, 1.807) is 18.2 Å². The standard InChI is InChI=1S/C15H11Cl2N3O2/c1-22-15(21)20-14-18-11-6-5-8(7-12(11)19-14)13-9(16)3-2-4-10(13)17/h2-7H,1H3,(H2,18,19,20,21). The van der Waals surface area contributed by atoms with Gasteiger partial charge in [-0.15, -0.1) is 0 Å². The van der Waals surface area contributed by atoms with Gasteiger partial charge >= 0.3 is 6.09 Å². The number of anilines is 1. The Hall–Kier alpha value is -2.24. The Kier molecular flexibility index (Phi) is 3.92. The molecule has 7 heteroatoms. The van der Waals surface area contributed by atoms with Crippen LogP contribution in [0.15, 0.2) is 36.4 Å². The number of benzene rings is 2. The van der Waals surface area contributed by atoms with Crippen LogP contribution in [-0.4, -0.2) is 23.2 Å². The summed E-state index contributed by atoms with van der Waals surface area (Å²) in [6.07, 6.45) is -0.589. The van der Waals surface area contributed by atoms with E-state index in [0.29, 0.717) is 21.5 Å². The van der Waals surface area contributed by atoms with Crippen LogP contribution in [-0.2, 0) is 4.74 Å². The van der Waals surface area contributed by atoms with Crippen molar-refractivity contribution in [2.75, 3.05) is 12.4 Å². The molecule has 2 aromatic carbocycles. The predicted molar refractivity (Wildman–Crippen MR) is 87.6 cm³/mol. The van der Waals surface area contributed by atoms with Crippen LogP contribution < -0.4 is 5.32 Å². The highest BCUT2D eigenvalue weighted by atomic mass is 35.5. The van der Waals surface area contributed by atoms with E-state index in [1.165, 1.54) is 7.11 Å². The van der Waals surface area contributed by atoms with Gasteiger partial charge < -0.3 is 9.72 Å². The monoisotopic (exact) mass is 335 g/mol. The van der Waals surface area contributed by atoms with Crippen LogP contribution in [0.25, 0.3) is 22.2 Å². The lowest BCUT2D eigenvalue weighted by atomic mass is 10.1. The maximum Gasteiger partial charge on any atom is 0.413 e. The van der Waals surface area contributed by atoms with Crippen LogP contribution in [0.2, 0.25) is 10.0 Å². The van der Waals surface area contributed by atoms with Crippen LogP contribution in [0.5, 0.6) is 0 Å². The lowest BCUT2D eigenvalue weighted by Crippen LogP contribution is -2.11. The fourth-order valence-corrected chi connectivity index (χ4v) is 2.76. The van der Waals surface area contributed by atoms with Crippen LogP contribution >= 0.6 is 23.2 Å². The van der Waals surface area contributed by atoms with Gasteiger partial charge in [0.2, 0.25) is 5.95 Å². The van der Waals surface area contributed by atoms with Gasteiger partial charge in [0.25, 0.3) is 0 Å². The number of aromatic nitrogens is 2. The molecule has 1 aromatic heterocycles. The van der Waals surface area contributed by atoms with Gasteiger partial charge in [-0.2, -0.15) is 0 Å². The minimum absolute atomic E-state index is 0.309. The Morgan fingerprint density at radius 1 is 1.23 bits per heavy atom. The molecule has 22 heavy (non-hydrogen) atoms. The number of carbonyl (C=O) groups excluding carboxylic acids is 1. The number of amides is 1. The van der Waals surface area contributed by atoms with Crippen molar-refractivity contribution in [1.82, 2.24) is 9.97 Å². The molecule has 112 valence electrons. The molecule has 0 radical (unpaired) electrons. The first-order valence-electron chi connectivity index (χ1n) is 6.37.